The van der Waals surface area contributed by atoms with E-state index in [-0.39, 0.29) is 5.91 Å². The fraction of sp³-hybridized carbons (Fsp3) is 0.500. The third-order valence-electron chi connectivity index (χ3n) is 5.20. The number of methoxy groups -OCH3 is 1. The number of thiazole rings is 1. The molecule has 0 N–H and O–H groups in total. The highest BCUT2D eigenvalue weighted by Crippen LogP contribution is 2.23. The number of carbonyl (C=O) groups excluding carboxylic acids is 1. The van der Waals surface area contributed by atoms with E-state index in [4.69, 9.17) is 14.5 Å². The Labute approximate surface area is 169 Å². The van der Waals surface area contributed by atoms with E-state index in [1.807, 2.05) is 29.2 Å². The minimum Gasteiger partial charge on any atom is -0.497 e. The van der Waals surface area contributed by atoms with Crippen LogP contribution in [-0.4, -0.2) is 80.3 Å². The number of hydrogen-bond acceptors (Lipinski definition) is 7. The number of anilines is 1. The normalized spacial score (nSPS) is 18.3. The number of rotatable bonds is 5. The number of hydrogen-bond donors (Lipinski definition) is 0. The van der Waals surface area contributed by atoms with E-state index in [9.17, 15) is 4.79 Å². The maximum Gasteiger partial charge on any atom is 0.253 e. The van der Waals surface area contributed by atoms with Gasteiger partial charge in [-0.25, -0.2) is 4.98 Å². The van der Waals surface area contributed by atoms with E-state index >= 15 is 0 Å². The van der Waals surface area contributed by atoms with Crippen molar-refractivity contribution in [1.82, 2.24) is 14.8 Å². The van der Waals surface area contributed by atoms with Gasteiger partial charge in [0.15, 0.2) is 5.13 Å². The second-order valence-electron chi connectivity index (χ2n) is 7.02. The zero-order valence-corrected chi connectivity index (χ0v) is 17.0. The number of nitrogens with zero attached hydrogens (tertiary/aromatic N) is 4. The Morgan fingerprint density at radius 2 is 1.82 bits per heavy atom. The van der Waals surface area contributed by atoms with Crippen molar-refractivity contribution in [2.75, 3.05) is 64.5 Å². The third kappa shape index (κ3) is 4.45. The number of piperazine rings is 1. The lowest BCUT2D eigenvalue weighted by Crippen LogP contribution is -2.48. The Morgan fingerprint density at radius 3 is 2.50 bits per heavy atom. The second-order valence-corrected chi connectivity index (χ2v) is 7.85. The molecular formula is C20H26N4O3S. The van der Waals surface area contributed by atoms with Crippen molar-refractivity contribution >= 4 is 22.4 Å². The largest absolute Gasteiger partial charge is 0.497 e. The van der Waals surface area contributed by atoms with Gasteiger partial charge in [-0.15, -0.1) is 11.3 Å². The summed E-state index contributed by atoms with van der Waals surface area (Å²) < 4.78 is 10.6. The molecule has 0 atom stereocenters. The zero-order valence-electron chi connectivity index (χ0n) is 16.2. The second kappa shape index (κ2) is 8.89. The fourth-order valence-electron chi connectivity index (χ4n) is 3.52. The molecule has 0 saturated carbocycles. The first-order valence-corrected chi connectivity index (χ1v) is 10.5. The van der Waals surface area contributed by atoms with Crippen LogP contribution in [0.3, 0.4) is 0 Å². The van der Waals surface area contributed by atoms with Crippen LogP contribution in [0.2, 0.25) is 0 Å². The Kier molecular flexibility index (Phi) is 6.09. The first kappa shape index (κ1) is 19.2. The van der Waals surface area contributed by atoms with Gasteiger partial charge in [0.25, 0.3) is 5.91 Å². The van der Waals surface area contributed by atoms with Crippen molar-refractivity contribution in [1.29, 1.82) is 0 Å². The Balaban J connectivity index is 1.30. The van der Waals surface area contributed by atoms with Crippen molar-refractivity contribution in [2.45, 2.75) is 6.54 Å². The maximum atomic E-state index is 12.7. The molecule has 0 spiro atoms. The van der Waals surface area contributed by atoms with Crippen LogP contribution in [0.4, 0.5) is 5.13 Å². The summed E-state index contributed by atoms with van der Waals surface area (Å²) in [7, 11) is 1.63. The predicted molar refractivity (Wildman–Crippen MR) is 109 cm³/mol. The molecule has 2 aliphatic heterocycles. The summed E-state index contributed by atoms with van der Waals surface area (Å²) in [6.07, 6.45) is 0. The van der Waals surface area contributed by atoms with Crippen molar-refractivity contribution in [2.24, 2.45) is 0 Å². The quantitative estimate of drug-likeness (QED) is 0.762. The molecule has 0 unspecified atom stereocenters. The van der Waals surface area contributed by atoms with Crippen molar-refractivity contribution in [3.8, 4) is 5.75 Å². The Morgan fingerprint density at radius 1 is 1.11 bits per heavy atom. The van der Waals surface area contributed by atoms with Crippen LogP contribution in [0.25, 0.3) is 0 Å². The van der Waals surface area contributed by atoms with E-state index in [0.717, 1.165) is 62.5 Å². The topological polar surface area (TPSA) is 58.1 Å². The van der Waals surface area contributed by atoms with Crippen LogP contribution in [0.15, 0.2) is 29.6 Å². The summed E-state index contributed by atoms with van der Waals surface area (Å²) >= 11 is 1.69. The van der Waals surface area contributed by atoms with Gasteiger partial charge in [0.05, 0.1) is 26.0 Å². The molecule has 2 aromatic rings. The first-order valence-electron chi connectivity index (χ1n) is 9.66. The molecular weight excluding hydrogens is 376 g/mol. The van der Waals surface area contributed by atoms with Crippen LogP contribution in [0, 0.1) is 0 Å². The number of aromatic nitrogens is 1. The highest BCUT2D eigenvalue weighted by Gasteiger charge is 2.24. The first-order chi connectivity index (χ1) is 13.7. The van der Waals surface area contributed by atoms with Gasteiger partial charge in [0.2, 0.25) is 0 Å². The number of benzene rings is 1. The minimum absolute atomic E-state index is 0.0782. The number of ether oxygens (including phenoxy) is 2. The molecule has 2 fully saturated rings. The molecule has 3 heterocycles. The van der Waals surface area contributed by atoms with Crippen LogP contribution in [-0.2, 0) is 11.3 Å². The van der Waals surface area contributed by atoms with E-state index in [1.54, 1.807) is 18.4 Å². The Hall–Kier alpha value is -2.16. The molecule has 1 aromatic heterocycles. The minimum atomic E-state index is 0.0782. The molecule has 1 amide bonds. The van der Waals surface area contributed by atoms with Crippen molar-refractivity contribution < 1.29 is 14.3 Å². The number of morpholine rings is 1. The molecule has 0 radical (unpaired) electrons. The summed E-state index contributed by atoms with van der Waals surface area (Å²) in [4.78, 5) is 24.1. The molecule has 0 bridgehead atoms. The molecule has 2 aliphatic rings. The highest BCUT2D eigenvalue weighted by atomic mass is 32.1. The van der Waals surface area contributed by atoms with Gasteiger partial charge in [-0.2, -0.15) is 0 Å². The highest BCUT2D eigenvalue weighted by molar-refractivity contribution is 7.13. The van der Waals surface area contributed by atoms with E-state index in [2.05, 4.69) is 15.2 Å². The summed E-state index contributed by atoms with van der Waals surface area (Å²) in [6.45, 7) is 7.49. The monoisotopic (exact) mass is 402 g/mol. The van der Waals surface area contributed by atoms with Gasteiger partial charge in [-0.3, -0.25) is 9.69 Å². The average Bonchev–Trinajstić information content (AvgIpc) is 3.22. The summed E-state index contributed by atoms with van der Waals surface area (Å²) in [6, 6.07) is 7.31. The molecule has 150 valence electrons. The summed E-state index contributed by atoms with van der Waals surface area (Å²) in [5.41, 5.74) is 1.83. The van der Waals surface area contributed by atoms with Crippen molar-refractivity contribution in [3.63, 3.8) is 0 Å². The molecule has 0 aliphatic carbocycles. The van der Waals surface area contributed by atoms with Crippen LogP contribution in [0.1, 0.15) is 16.1 Å². The van der Waals surface area contributed by atoms with Gasteiger partial charge in [0.1, 0.15) is 5.75 Å². The third-order valence-corrected chi connectivity index (χ3v) is 6.15. The van der Waals surface area contributed by atoms with Crippen LogP contribution < -0.4 is 9.64 Å². The molecule has 8 heteroatoms. The predicted octanol–water partition coefficient (Wildman–Crippen LogP) is 1.95. The number of amides is 1. The smallest absolute Gasteiger partial charge is 0.253 e. The molecule has 7 nitrogen and oxygen atoms in total. The van der Waals surface area contributed by atoms with Crippen LogP contribution in [0.5, 0.6) is 5.75 Å². The van der Waals surface area contributed by atoms with Crippen LogP contribution >= 0.6 is 11.3 Å². The Bertz CT molecular complexity index is 781. The van der Waals surface area contributed by atoms with E-state index in [0.29, 0.717) is 18.7 Å². The lowest BCUT2D eigenvalue weighted by Gasteiger charge is -2.34. The fourth-order valence-corrected chi connectivity index (χ4v) is 4.39. The lowest BCUT2D eigenvalue weighted by atomic mass is 10.1. The van der Waals surface area contributed by atoms with E-state index in [1.165, 1.54) is 0 Å². The lowest BCUT2D eigenvalue weighted by molar-refractivity contribution is 0.0337. The molecule has 2 saturated heterocycles. The number of carbonyl (C=O) groups is 1. The molecule has 4 rings (SSSR count). The maximum absolute atomic E-state index is 12.7. The summed E-state index contributed by atoms with van der Waals surface area (Å²) in [5, 5.41) is 3.21. The van der Waals surface area contributed by atoms with Gasteiger partial charge in [0, 0.05) is 56.8 Å². The van der Waals surface area contributed by atoms with Gasteiger partial charge >= 0.3 is 0 Å². The molecule has 28 heavy (non-hydrogen) atoms. The zero-order chi connectivity index (χ0) is 19.3. The van der Waals surface area contributed by atoms with E-state index < -0.39 is 0 Å². The van der Waals surface area contributed by atoms with Gasteiger partial charge in [-0.05, 0) is 24.3 Å². The van der Waals surface area contributed by atoms with Gasteiger partial charge < -0.3 is 19.3 Å². The summed E-state index contributed by atoms with van der Waals surface area (Å²) in [5.74, 6) is 0.840. The average molecular weight is 403 g/mol. The van der Waals surface area contributed by atoms with Gasteiger partial charge in [-0.1, -0.05) is 0 Å². The molecule has 1 aromatic carbocycles. The van der Waals surface area contributed by atoms with Crippen molar-refractivity contribution in [3.05, 3.63) is 40.9 Å². The SMILES string of the molecule is COc1ccc(C(=O)N2CCN(c3nc(CN4CCOCC4)cs3)CC2)cc1. The standard InChI is InChI=1S/C20H26N4O3S/c1-26-18-4-2-16(3-5-18)19(25)23-6-8-24(9-7-23)20-21-17(15-28-20)14-22-10-12-27-13-11-22/h2-5,15H,6-14H2,1H3.